The number of carbonyl (C=O) groups is 1. The van der Waals surface area contributed by atoms with Crippen molar-refractivity contribution in [1.82, 2.24) is 14.8 Å². The van der Waals surface area contributed by atoms with Gasteiger partial charge in [-0.15, -0.1) is 10.2 Å². The van der Waals surface area contributed by atoms with Crippen molar-refractivity contribution in [3.8, 4) is 11.4 Å². The van der Waals surface area contributed by atoms with Crippen LogP contribution in [0.25, 0.3) is 11.4 Å². The van der Waals surface area contributed by atoms with E-state index in [-0.39, 0.29) is 11.6 Å². The zero-order valence-corrected chi connectivity index (χ0v) is 12.7. The molecule has 21 heavy (non-hydrogen) atoms. The highest BCUT2D eigenvalue weighted by Gasteiger charge is 2.17. The molecule has 0 unspecified atom stereocenters. The maximum atomic E-state index is 14.1. The van der Waals surface area contributed by atoms with E-state index in [1.807, 2.05) is 19.9 Å². The maximum Gasteiger partial charge on any atom is 0.313 e. The minimum Gasteiger partial charge on any atom is -0.481 e. The first-order valence-corrected chi connectivity index (χ1v) is 7.55. The molecule has 1 aromatic heterocycles. The number of hydrogen-bond acceptors (Lipinski definition) is 4. The molecule has 1 N–H and O–H groups in total. The lowest BCUT2D eigenvalue weighted by Gasteiger charge is -2.09. The number of carboxylic acid groups (broad SMARTS) is 1. The average molecular weight is 309 g/mol. The summed E-state index contributed by atoms with van der Waals surface area (Å²) in [5.74, 6) is -0.941. The van der Waals surface area contributed by atoms with Gasteiger partial charge in [-0.25, -0.2) is 4.39 Å². The monoisotopic (exact) mass is 309 g/mol. The molecule has 0 aliphatic heterocycles. The number of aliphatic carboxylic acids is 1. The predicted molar refractivity (Wildman–Crippen MR) is 78.8 cm³/mol. The third kappa shape index (κ3) is 3.60. The Balaban J connectivity index is 2.41. The van der Waals surface area contributed by atoms with Gasteiger partial charge in [0.1, 0.15) is 5.82 Å². The molecule has 0 saturated heterocycles. The van der Waals surface area contributed by atoms with Crippen LogP contribution in [0, 0.1) is 12.7 Å². The van der Waals surface area contributed by atoms with E-state index < -0.39 is 5.97 Å². The molecule has 0 aliphatic rings. The first kappa shape index (κ1) is 15.5. The molecule has 0 aliphatic carbocycles. The summed E-state index contributed by atoms with van der Waals surface area (Å²) in [4.78, 5) is 10.7. The Labute approximate surface area is 126 Å². The van der Waals surface area contributed by atoms with Gasteiger partial charge in [-0.3, -0.25) is 4.79 Å². The number of aryl methyl sites for hydroxylation is 1. The van der Waals surface area contributed by atoms with Gasteiger partial charge in [-0.1, -0.05) is 24.8 Å². The lowest BCUT2D eigenvalue weighted by molar-refractivity contribution is -0.133. The maximum absolute atomic E-state index is 14.1. The largest absolute Gasteiger partial charge is 0.481 e. The Kier molecular flexibility index (Phi) is 4.95. The molecule has 0 saturated carbocycles. The van der Waals surface area contributed by atoms with Gasteiger partial charge in [-0.05, 0) is 31.0 Å². The second kappa shape index (κ2) is 6.71. The molecule has 2 aromatic rings. The molecule has 1 aromatic carbocycles. The van der Waals surface area contributed by atoms with Gasteiger partial charge in [0.2, 0.25) is 0 Å². The van der Waals surface area contributed by atoms with E-state index in [2.05, 4.69) is 10.2 Å². The molecule has 0 amide bonds. The fourth-order valence-electron chi connectivity index (χ4n) is 1.95. The molecule has 112 valence electrons. The summed E-state index contributed by atoms with van der Waals surface area (Å²) >= 11 is 1.09. The highest BCUT2D eigenvalue weighted by atomic mass is 32.2. The summed E-state index contributed by atoms with van der Waals surface area (Å²) in [6, 6.07) is 4.93. The van der Waals surface area contributed by atoms with Crippen LogP contribution >= 0.6 is 11.8 Å². The van der Waals surface area contributed by atoms with Crippen molar-refractivity contribution in [3.63, 3.8) is 0 Å². The van der Waals surface area contributed by atoms with Crippen LogP contribution in [-0.4, -0.2) is 31.6 Å². The van der Waals surface area contributed by atoms with Crippen molar-refractivity contribution >= 4 is 17.7 Å². The Hall–Kier alpha value is -1.89. The normalized spacial score (nSPS) is 10.8. The number of benzene rings is 1. The zero-order chi connectivity index (χ0) is 15.4. The van der Waals surface area contributed by atoms with Crippen molar-refractivity contribution in [2.45, 2.75) is 32.0 Å². The summed E-state index contributed by atoms with van der Waals surface area (Å²) < 4.78 is 15.9. The Morgan fingerprint density at radius 1 is 1.43 bits per heavy atom. The van der Waals surface area contributed by atoms with Gasteiger partial charge in [0.05, 0.1) is 11.3 Å². The quantitative estimate of drug-likeness (QED) is 0.831. The van der Waals surface area contributed by atoms with Crippen LogP contribution in [0.3, 0.4) is 0 Å². The predicted octanol–water partition coefficient (Wildman–Crippen LogP) is 2.98. The highest BCUT2D eigenvalue weighted by molar-refractivity contribution is 7.99. The van der Waals surface area contributed by atoms with E-state index in [1.165, 1.54) is 6.07 Å². The second-order valence-electron chi connectivity index (χ2n) is 4.62. The van der Waals surface area contributed by atoms with Gasteiger partial charge in [0.15, 0.2) is 11.0 Å². The number of halogens is 1. The third-order valence-corrected chi connectivity index (χ3v) is 3.81. The molecular formula is C14H16FN3O2S. The number of nitrogens with zero attached hydrogens (tertiary/aromatic N) is 3. The minimum atomic E-state index is -0.922. The zero-order valence-electron chi connectivity index (χ0n) is 11.8. The van der Waals surface area contributed by atoms with Crippen LogP contribution in [0.15, 0.2) is 23.4 Å². The summed E-state index contributed by atoms with van der Waals surface area (Å²) in [5, 5.41) is 17.3. The van der Waals surface area contributed by atoms with Crippen LogP contribution in [-0.2, 0) is 11.3 Å². The molecule has 0 radical (unpaired) electrons. The van der Waals surface area contributed by atoms with Gasteiger partial charge >= 0.3 is 5.97 Å². The second-order valence-corrected chi connectivity index (χ2v) is 5.57. The molecule has 0 spiro atoms. The summed E-state index contributed by atoms with van der Waals surface area (Å²) in [5.41, 5.74) is 1.21. The van der Waals surface area contributed by atoms with Crippen LogP contribution in [0.4, 0.5) is 4.39 Å². The topological polar surface area (TPSA) is 68.0 Å². The molecule has 0 bridgehead atoms. The third-order valence-electron chi connectivity index (χ3n) is 2.85. The van der Waals surface area contributed by atoms with E-state index in [0.717, 1.165) is 23.7 Å². The van der Waals surface area contributed by atoms with E-state index in [0.29, 0.717) is 23.1 Å². The SMILES string of the molecule is CCCn1c(SCC(=O)O)nnc1-c1ccc(C)cc1F. The average Bonchev–Trinajstić information content (AvgIpc) is 2.80. The fraction of sp³-hybridized carbons (Fsp3) is 0.357. The number of thioether (sulfide) groups is 1. The Bertz CT molecular complexity index is 658. The lowest BCUT2D eigenvalue weighted by Crippen LogP contribution is -2.05. The van der Waals surface area contributed by atoms with E-state index >= 15 is 0 Å². The van der Waals surface area contributed by atoms with Gasteiger partial charge in [0.25, 0.3) is 0 Å². The fourth-order valence-corrected chi connectivity index (χ4v) is 2.63. The van der Waals surface area contributed by atoms with Crippen molar-refractivity contribution in [2.75, 3.05) is 5.75 Å². The number of hydrogen-bond donors (Lipinski definition) is 1. The Morgan fingerprint density at radius 2 is 2.19 bits per heavy atom. The molecule has 1 heterocycles. The van der Waals surface area contributed by atoms with Gasteiger partial charge < -0.3 is 9.67 Å². The smallest absolute Gasteiger partial charge is 0.313 e. The lowest BCUT2D eigenvalue weighted by atomic mass is 10.1. The van der Waals surface area contributed by atoms with E-state index in [4.69, 9.17) is 5.11 Å². The molecule has 2 rings (SSSR count). The van der Waals surface area contributed by atoms with Gasteiger partial charge in [-0.2, -0.15) is 0 Å². The van der Waals surface area contributed by atoms with E-state index in [1.54, 1.807) is 10.6 Å². The van der Waals surface area contributed by atoms with Crippen molar-refractivity contribution < 1.29 is 14.3 Å². The first-order chi connectivity index (χ1) is 10.0. The number of aromatic nitrogens is 3. The van der Waals surface area contributed by atoms with E-state index in [9.17, 15) is 9.18 Å². The first-order valence-electron chi connectivity index (χ1n) is 6.57. The van der Waals surface area contributed by atoms with Crippen LogP contribution in [0.5, 0.6) is 0 Å². The summed E-state index contributed by atoms with van der Waals surface area (Å²) in [6.07, 6.45) is 0.819. The molecular weight excluding hydrogens is 293 g/mol. The number of carboxylic acids is 1. The molecule has 0 fully saturated rings. The van der Waals surface area contributed by atoms with Crippen LogP contribution in [0.1, 0.15) is 18.9 Å². The van der Waals surface area contributed by atoms with Crippen molar-refractivity contribution in [1.29, 1.82) is 0 Å². The summed E-state index contributed by atoms with van der Waals surface area (Å²) in [7, 11) is 0. The molecule has 0 atom stereocenters. The van der Waals surface area contributed by atoms with Crippen LogP contribution < -0.4 is 0 Å². The molecule has 5 nitrogen and oxygen atoms in total. The van der Waals surface area contributed by atoms with Crippen LogP contribution in [0.2, 0.25) is 0 Å². The molecule has 7 heteroatoms. The standard InChI is InChI=1S/C14H16FN3O2S/c1-3-6-18-13(10-5-4-9(2)7-11(10)15)16-17-14(18)21-8-12(19)20/h4-5,7H,3,6,8H2,1-2H3,(H,19,20). The van der Waals surface area contributed by atoms with Crippen molar-refractivity contribution in [2.24, 2.45) is 0 Å². The van der Waals surface area contributed by atoms with Crippen molar-refractivity contribution in [3.05, 3.63) is 29.6 Å². The Morgan fingerprint density at radius 3 is 2.81 bits per heavy atom. The highest BCUT2D eigenvalue weighted by Crippen LogP contribution is 2.26. The minimum absolute atomic E-state index is 0.0990. The number of rotatable bonds is 6. The van der Waals surface area contributed by atoms with Gasteiger partial charge in [0, 0.05) is 6.54 Å². The summed E-state index contributed by atoms with van der Waals surface area (Å²) in [6.45, 7) is 4.41.